The van der Waals surface area contributed by atoms with Gasteiger partial charge in [-0.3, -0.25) is 4.79 Å². The van der Waals surface area contributed by atoms with E-state index < -0.39 is 5.54 Å². The van der Waals surface area contributed by atoms with Crippen LogP contribution in [-0.2, 0) is 11.3 Å². The molecule has 1 saturated heterocycles. The molecule has 0 radical (unpaired) electrons. The van der Waals surface area contributed by atoms with Gasteiger partial charge in [0.1, 0.15) is 49.8 Å². The minimum Gasteiger partial charge on any atom is -0.496 e. The smallest absolute Gasteiger partial charge is 0.278 e. The van der Waals surface area contributed by atoms with Crippen molar-refractivity contribution in [2.45, 2.75) is 25.9 Å². The third-order valence-corrected chi connectivity index (χ3v) is 5.23. The van der Waals surface area contributed by atoms with Crippen molar-refractivity contribution < 1.29 is 23.7 Å². The second kappa shape index (κ2) is 8.47. The number of methoxy groups -OCH3 is 1. The Hall–Kier alpha value is -2.17. The van der Waals surface area contributed by atoms with E-state index in [2.05, 4.69) is 6.07 Å². The molecule has 0 atom stereocenters. The number of carbonyl (C=O) groups is 1. The standard InChI is InChI=1S/C19H27FN4O2/c1-19(2,14-21)22(3)18(25)13-24-9-7-23(8-10-24)12-15-11-16(20)5-6-17(15)26-4/h5-6,11H,7-10,12-13H2,1-4H3/p+2. The lowest BCUT2D eigenvalue weighted by molar-refractivity contribution is -1.02. The van der Waals surface area contributed by atoms with Gasteiger partial charge in [-0.15, -0.1) is 0 Å². The van der Waals surface area contributed by atoms with Crippen LogP contribution in [0.15, 0.2) is 18.2 Å². The highest BCUT2D eigenvalue weighted by Gasteiger charge is 2.31. The van der Waals surface area contributed by atoms with Gasteiger partial charge in [0.05, 0.1) is 18.7 Å². The van der Waals surface area contributed by atoms with Gasteiger partial charge in [-0.1, -0.05) is 0 Å². The molecular formula is C19H29FN4O2+2. The van der Waals surface area contributed by atoms with Crippen LogP contribution in [0.3, 0.4) is 0 Å². The molecule has 1 aliphatic rings. The summed E-state index contributed by atoms with van der Waals surface area (Å²) in [5.41, 5.74) is 0.0786. The molecule has 142 valence electrons. The maximum Gasteiger partial charge on any atom is 0.278 e. The quantitative estimate of drug-likeness (QED) is 0.672. The topological polar surface area (TPSA) is 62.2 Å². The number of halogens is 1. The van der Waals surface area contributed by atoms with E-state index in [1.807, 2.05) is 0 Å². The van der Waals surface area contributed by atoms with E-state index in [0.29, 0.717) is 18.8 Å². The Bertz CT molecular complexity index is 679. The molecule has 0 spiro atoms. The van der Waals surface area contributed by atoms with E-state index >= 15 is 0 Å². The number of piperazine rings is 1. The van der Waals surface area contributed by atoms with Gasteiger partial charge in [-0.2, -0.15) is 5.26 Å². The summed E-state index contributed by atoms with van der Waals surface area (Å²) >= 11 is 0. The Morgan fingerprint density at radius 2 is 1.92 bits per heavy atom. The number of carbonyl (C=O) groups excluding carboxylic acids is 1. The molecule has 6 nitrogen and oxygen atoms in total. The normalized spacial score (nSPS) is 20.3. The average Bonchev–Trinajstić information content (AvgIpc) is 2.62. The molecule has 0 saturated carbocycles. The van der Waals surface area contributed by atoms with Gasteiger partial charge in [0.15, 0.2) is 6.54 Å². The molecule has 0 unspecified atom stereocenters. The van der Waals surface area contributed by atoms with E-state index in [1.165, 1.54) is 26.8 Å². The zero-order valence-corrected chi connectivity index (χ0v) is 16.1. The second-order valence-corrected chi connectivity index (χ2v) is 7.43. The minimum absolute atomic E-state index is 0.0122. The van der Waals surface area contributed by atoms with Crippen molar-refractivity contribution in [2.75, 3.05) is 46.9 Å². The molecule has 1 aromatic carbocycles. The van der Waals surface area contributed by atoms with Gasteiger partial charge in [0, 0.05) is 7.05 Å². The highest BCUT2D eigenvalue weighted by atomic mass is 19.1. The van der Waals surface area contributed by atoms with Crippen LogP contribution in [0.2, 0.25) is 0 Å². The zero-order valence-electron chi connectivity index (χ0n) is 16.1. The van der Waals surface area contributed by atoms with Crippen LogP contribution < -0.4 is 14.5 Å². The number of rotatable bonds is 6. The first kappa shape index (κ1) is 20.1. The predicted molar refractivity (Wildman–Crippen MR) is 95.4 cm³/mol. The maximum atomic E-state index is 13.5. The van der Waals surface area contributed by atoms with Gasteiger partial charge in [0.2, 0.25) is 0 Å². The monoisotopic (exact) mass is 364 g/mol. The van der Waals surface area contributed by atoms with Crippen molar-refractivity contribution >= 4 is 5.91 Å². The number of quaternary nitrogens is 2. The highest BCUT2D eigenvalue weighted by molar-refractivity contribution is 5.78. The summed E-state index contributed by atoms with van der Waals surface area (Å²) in [7, 11) is 3.28. The summed E-state index contributed by atoms with van der Waals surface area (Å²) in [6.45, 7) is 8.17. The van der Waals surface area contributed by atoms with Crippen LogP contribution in [0.5, 0.6) is 5.75 Å². The number of nitrogens with one attached hydrogen (secondary N) is 2. The number of nitrogens with zero attached hydrogens (tertiary/aromatic N) is 2. The van der Waals surface area contributed by atoms with E-state index in [4.69, 9.17) is 10.00 Å². The summed E-state index contributed by atoms with van der Waals surface area (Å²) in [6, 6.07) is 6.76. The lowest BCUT2D eigenvalue weighted by Crippen LogP contribution is -3.28. The third kappa shape index (κ3) is 4.93. The average molecular weight is 364 g/mol. The Kier molecular flexibility index (Phi) is 6.57. The molecule has 2 N–H and O–H groups in total. The summed E-state index contributed by atoms with van der Waals surface area (Å²) in [5.74, 6) is 0.448. The summed E-state index contributed by atoms with van der Waals surface area (Å²) in [4.78, 5) is 16.5. The molecule has 7 heteroatoms. The van der Waals surface area contributed by atoms with Crippen molar-refractivity contribution in [1.29, 1.82) is 5.26 Å². The van der Waals surface area contributed by atoms with Crippen molar-refractivity contribution in [3.05, 3.63) is 29.6 Å². The first-order chi connectivity index (χ1) is 12.3. The molecule has 1 aliphatic heterocycles. The number of hydrogen-bond acceptors (Lipinski definition) is 3. The molecular weight excluding hydrogens is 335 g/mol. The Morgan fingerprint density at radius 3 is 2.50 bits per heavy atom. The predicted octanol–water partition coefficient (Wildman–Crippen LogP) is -1.12. The molecule has 26 heavy (non-hydrogen) atoms. The van der Waals surface area contributed by atoms with Crippen molar-refractivity contribution in [2.24, 2.45) is 0 Å². The number of benzene rings is 1. The van der Waals surface area contributed by atoms with Crippen LogP contribution in [0.4, 0.5) is 4.39 Å². The maximum absolute atomic E-state index is 13.5. The van der Waals surface area contributed by atoms with E-state index in [-0.39, 0.29) is 11.7 Å². The molecule has 1 heterocycles. The fourth-order valence-corrected chi connectivity index (χ4v) is 3.18. The van der Waals surface area contributed by atoms with Crippen LogP contribution in [0.1, 0.15) is 19.4 Å². The number of likely N-dealkylation sites (N-methyl/N-ethyl adjacent to an activating group) is 1. The lowest BCUT2D eigenvalue weighted by atomic mass is 10.1. The summed E-state index contributed by atoms with van der Waals surface area (Å²) < 4.78 is 18.8. The largest absolute Gasteiger partial charge is 0.496 e. The fourth-order valence-electron chi connectivity index (χ4n) is 3.18. The van der Waals surface area contributed by atoms with Gasteiger partial charge in [0.25, 0.3) is 5.91 Å². The zero-order chi connectivity index (χ0) is 19.3. The Morgan fingerprint density at radius 1 is 1.31 bits per heavy atom. The summed E-state index contributed by atoms with van der Waals surface area (Å²) in [5, 5.41) is 9.17. The lowest BCUT2D eigenvalue weighted by Gasteiger charge is -2.33. The molecule has 0 aliphatic carbocycles. The van der Waals surface area contributed by atoms with Gasteiger partial charge < -0.3 is 19.4 Å². The number of amides is 1. The van der Waals surface area contributed by atoms with Gasteiger partial charge >= 0.3 is 0 Å². The van der Waals surface area contributed by atoms with Crippen molar-refractivity contribution in [1.82, 2.24) is 4.90 Å². The van der Waals surface area contributed by atoms with Gasteiger partial charge in [-0.25, -0.2) is 4.39 Å². The third-order valence-electron chi connectivity index (χ3n) is 5.23. The van der Waals surface area contributed by atoms with E-state index in [1.54, 1.807) is 34.1 Å². The van der Waals surface area contributed by atoms with Crippen molar-refractivity contribution in [3.8, 4) is 11.8 Å². The molecule has 1 fully saturated rings. The molecule has 1 aromatic rings. The summed E-state index contributed by atoms with van der Waals surface area (Å²) in [6.07, 6.45) is 0. The first-order valence-electron chi connectivity index (χ1n) is 8.94. The molecule has 0 bridgehead atoms. The SMILES string of the molecule is COc1ccc(F)cc1C[NH+]1CC[NH+](CC(=O)N(C)C(C)(C)C#N)CC1. The second-order valence-electron chi connectivity index (χ2n) is 7.43. The molecule has 0 aromatic heterocycles. The number of hydrogen-bond donors (Lipinski definition) is 2. The van der Waals surface area contributed by atoms with Crippen LogP contribution in [0.25, 0.3) is 0 Å². The molecule has 1 amide bonds. The van der Waals surface area contributed by atoms with Crippen molar-refractivity contribution in [3.63, 3.8) is 0 Å². The number of nitriles is 1. The van der Waals surface area contributed by atoms with Gasteiger partial charge in [-0.05, 0) is 32.0 Å². The van der Waals surface area contributed by atoms with Crippen LogP contribution in [-0.4, -0.2) is 63.2 Å². The minimum atomic E-state index is -0.794. The van der Waals surface area contributed by atoms with Crippen LogP contribution >= 0.6 is 0 Å². The fraction of sp³-hybridized carbons (Fsp3) is 0.579. The Balaban J connectivity index is 1.87. The van der Waals surface area contributed by atoms with Crippen LogP contribution in [0, 0.1) is 17.1 Å². The van der Waals surface area contributed by atoms with E-state index in [9.17, 15) is 9.18 Å². The highest BCUT2D eigenvalue weighted by Crippen LogP contribution is 2.18. The Labute approximate surface area is 154 Å². The first-order valence-corrected chi connectivity index (χ1v) is 8.94. The molecule has 2 rings (SSSR count). The number of ether oxygens (including phenoxy) is 1. The van der Waals surface area contributed by atoms with E-state index in [0.717, 1.165) is 31.7 Å².